The summed E-state index contributed by atoms with van der Waals surface area (Å²) in [5.74, 6) is 0. The second-order valence-electron chi connectivity index (χ2n) is 6.87. The molecule has 3 aromatic carbocycles. The van der Waals surface area contributed by atoms with Crippen molar-refractivity contribution in [1.82, 2.24) is 9.62 Å². The summed E-state index contributed by atoms with van der Waals surface area (Å²) in [6.45, 7) is 5.95. The molecule has 4 nitrogen and oxygen atoms in total. The minimum Gasteiger partial charge on any atom is -0.295 e. The molecule has 1 N–H and O–H groups in total. The molecule has 1 aliphatic carbocycles. The fourth-order valence-electron chi connectivity index (χ4n) is 4.24. The van der Waals surface area contributed by atoms with Crippen molar-refractivity contribution in [2.75, 3.05) is 13.1 Å². The summed E-state index contributed by atoms with van der Waals surface area (Å²) < 4.78 is 29.2. The van der Waals surface area contributed by atoms with E-state index >= 15 is 0 Å². The second-order valence-corrected chi connectivity index (χ2v) is 8.58. The van der Waals surface area contributed by atoms with Crippen molar-refractivity contribution >= 4 is 20.8 Å². The van der Waals surface area contributed by atoms with E-state index in [1.54, 1.807) is 24.3 Å². The summed E-state index contributed by atoms with van der Waals surface area (Å²) >= 11 is 0. The van der Waals surface area contributed by atoms with Crippen LogP contribution in [0, 0.1) is 0 Å². The van der Waals surface area contributed by atoms with Crippen molar-refractivity contribution in [2.24, 2.45) is 0 Å². The van der Waals surface area contributed by atoms with Gasteiger partial charge in [-0.3, -0.25) is 4.90 Å². The summed E-state index contributed by atoms with van der Waals surface area (Å²) in [5, 5.41) is 2.33. The number of hydrogen-bond acceptors (Lipinski definition) is 3. The van der Waals surface area contributed by atoms with E-state index in [1.165, 1.54) is 10.9 Å². The average Bonchev–Trinajstić information content (AvgIpc) is 2.99. The average molecular weight is 381 g/mol. The summed E-state index contributed by atoms with van der Waals surface area (Å²) in [5.41, 5.74) is 2.26. The number of sulfonamides is 1. The Bertz CT molecular complexity index is 1050. The monoisotopic (exact) mass is 380 g/mol. The van der Waals surface area contributed by atoms with Gasteiger partial charge in [0.05, 0.1) is 17.0 Å². The predicted molar refractivity (Wildman–Crippen MR) is 109 cm³/mol. The predicted octanol–water partition coefficient (Wildman–Crippen LogP) is 4.26. The Morgan fingerprint density at radius 3 is 2.11 bits per heavy atom. The maximum atomic E-state index is 13.1. The highest BCUT2D eigenvalue weighted by atomic mass is 32.2. The lowest BCUT2D eigenvalue weighted by atomic mass is 10.0. The van der Waals surface area contributed by atoms with E-state index < -0.39 is 10.0 Å². The Labute approximate surface area is 160 Å². The van der Waals surface area contributed by atoms with Crippen LogP contribution >= 0.6 is 0 Å². The Morgan fingerprint density at radius 1 is 0.852 bits per heavy atom. The number of likely N-dealkylation sites (N-methyl/N-ethyl adjacent to an activating group) is 1. The molecule has 4 rings (SSSR count). The van der Waals surface area contributed by atoms with E-state index in [0.717, 1.165) is 24.0 Å². The zero-order valence-corrected chi connectivity index (χ0v) is 16.4. The molecule has 140 valence electrons. The fourth-order valence-corrected chi connectivity index (χ4v) is 5.48. The highest BCUT2D eigenvalue weighted by molar-refractivity contribution is 7.89. The lowest BCUT2D eigenvalue weighted by molar-refractivity contribution is 0.190. The lowest BCUT2D eigenvalue weighted by Crippen LogP contribution is -2.38. The quantitative estimate of drug-likeness (QED) is 0.695. The first-order valence-corrected chi connectivity index (χ1v) is 10.9. The van der Waals surface area contributed by atoms with Crippen LogP contribution in [0.25, 0.3) is 10.8 Å². The number of nitrogens with zero attached hydrogens (tertiary/aromatic N) is 1. The Balaban J connectivity index is 1.84. The molecule has 0 fully saturated rings. The molecular weight excluding hydrogens is 356 g/mol. The molecule has 0 saturated heterocycles. The van der Waals surface area contributed by atoms with Crippen molar-refractivity contribution in [2.45, 2.75) is 30.8 Å². The SMILES string of the molecule is CCN(CC)[C@@H]1c2cccc3cccc(c23)[C@@H]1NS(=O)(=O)c1ccccc1. The van der Waals surface area contributed by atoms with Gasteiger partial charge in [-0.2, -0.15) is 0 Å². The van der Waals surface area contributed by atoms with Crippen LogP contribution in [0.5, 0.6) is 0 Å². The molecule has 5 heteroatoms. The molecule has 0 saturated carbocycles. The Morgan fingerprint density at radius 2 is 1.48 bits per heavy atom. The number of hydrogen-bond donors (Lipinski definition) is 1. The second kappa shape index (κ2) is 7.08. The summed E-state index contributed by atoms with van der Waals surface area (Å²) in [6.07, 6.45) is 0. The molecular formula is C22H24N2O2S. The Hall–Kier alpha value is -2.21. The van der Waals surface area contributed by atoms with Crippen molar-refractivity contribution in [1.29, 1.82) is 0 Å². The van der Waals surface area contributed by atoms with Crippen LogP contribution in [-0.2, 0) is 10.0 Å². The zero-order valence-electron chi connectivity index (χ0n) is 15.6. The lowest BCUT2D eigenvalue weighted by Gasteiger charge is -2.32. The van der Waals surface area contributed by atoms with Gasteiger partial charge < -0.3 is 0 Å². The zero-order chi connectivity index (χ0) is 19.0. The largest absolute Gasteiger partial charge is 0.295 e. The summed E-state index contributed by atoms with van der Waals surface area (Å²) in [4.78, 5) is 2.62. The third kappa shape index (κ3) is 3.06. The van der Waals surface area contributed by atoms with Crippen LogP contribution in [0.1, 0.15) is 37.1 Å². The highest BCUT2D eigenvalue weighted by Crippen LogP contribution is 2.47. The molecule has 0 aliphatic heterocycles. The van der Waals surface area contributed by atoms with Crippen molar-refractivity contribution in [3.8, 4) is 0 Å². The first kappa shape index (κ1) is 18.2. The van der Waals surface area contributed by atoms with Crippen LogP contribution < -0.4 is 4.72 Å². The van der Waals surface area contributed by atoms with Crippen LogP contribution in [0.3, 0.4) is 0 Å². The molecule has 0 radical (unpaired) electrons. The van der Waals surface area contributed by atoms with Gasteiger partial charge in [-0.1, -0.05) is 68.4 Å². The third-order valence-electron chi connectivity index (χ3n) is 5.48. The first-order valence-electron chi connectivity index (χ1n) is 9.39. The molecule has 1 aliphatic rings. The van der Waals surface area contributed by atoms with Gasteiger partial charge in [0.1, 0.15) is 0 Å². The van der Waals surface area contributed by atoms with E-state index in [4.69, 9.17) is 0 Å². The number of nitrogens with one attached hydrogen (secondary N) is 1. The van der Waals surface area contributed by atoms with E-state index in [-0.39, 0.29) is 12.1 Å². The van der Waals surface area contributed by atoms with Gasteiger partial charge in [0.15, 0.2) is 0 Å². The van der Waals surface area contributed by atoms with Crippen LogP contribution in [0.2, 0.25) is 0 Å². The van der Waals surface area contributed by atoms with Gasteiger partial charge >= 0.3 is 0 Å². The van der Waals surface area contributed by atoms with Gasteiger partial charge in [-0.15, -0.1) is 0 Å². The topological polar surface area (TPSA) is 49.4 Å². The molecule has 0 bridgehead atoms. The van der Waals surface area contributed by atoms with Crippen molar-refractivity contribution < 1.29 is 8.42 Å². The standard InChI is InChI=1S/C22H24N2O2S/c1-3-24(4-2)22-19-15-9-11-16-10-8-14-18(20(16)19)21(22)23-27(25,26)17-12-6-5-7-13-17/h5-15,21-23H,3-4H2,1-2H3/t21-,22+/m0/s1. The van der Waals surface area contributed by atoms with E-state index in [2.05, 4.69) is 47.7 Å². The van der Waals surface area contributed by atoms with Gasteiger partial charge in [0, 0.05) is 0 Å². The normalized spacial score (nSPS) is 19.1. The smallest absolute Gasteiger partial charge is 0.241 e. The molecule has 0 unspecified atom stereocenters. The Kier molecular flexibility index (Phi) is 4.76. The van der Waals surface area contributed by atoms with Crippen LogP contribution in [0.4, 0.5) is 0 Å². The number of benzene rings is 3. The minimum absolute atomic E-state index is 0.0143. The van der Waals surface area contributed by atoms with Crippen LogP contribution in [0.15, 0.2) is 71.6 Å². The fraction of sp³-hybridized carbons (Fsp3) is 0.273. The maximum absolute atomic E-state index is 13.1. The molecule has 0 spiro atoms. The summed E-state index contributed by atoms with van der Waals surface area (Å²) in [6, 6.07) is 20.7. The van der Waals surface area contributed by atoms with Gasteiger partial charge in [-0.25, -0.2) is 13.1 Å². The molecule has 0 amide bonds. The molecule has 0 aromatic heterocycles. The molecule has 0 heterocycles. The molecule has 3 aromatic rings. The van der Waals surface area contributed by atoms with Gasteiger partial charge in [-0.05, 0) is 47.1 Å². The van der Waals surface area contributed by atoms with Crippen molar-refractivity contribution in [3.63, 3.8) is 0 Å². The number of rotatable bonds is 6. The third-order valence-corrected chi connectivity index (χ3v) is 6.94. The van der Waals surface area contributed by atoms with Crippen LogP contribution in [-0.4, -0.2) is 26.4 Å². The maximum Gasteiger partial charge on any atom is 0.241 e. The van der Waals surface area contributed by atoms with E-state index in [1.807, 2.05) is 18.2 Å². The van der Waals surface area contributed by atoms with Gasteiger partial charge in [0.2, 0.25) is 10.0 Å². The highest BCUT2D eigenvalue weighted by Gasteiger charge is 2.39. The van der Waals surface area contributed by atoms with E-state index in [0.29, 0.717) is 4.90 Å². The summed E-state index contributed by atoms with van der Waals surface area (Å²) in [7, 11) is -3.62. The van der Waals surface area contributed by atoms with Crippen molar-refractivity contribution in [3.05, 3.63) is 77.9 Å². The molecule has 27 heavy (non-hydrogen) atoms. The van der Waals surface area contributed by atoms with E-state index in [9.17, 15) is 8.42 Å². The first-order chi connectivity index (χ1) is 13.1. The molecule has 2 atom stereocenters. The minimum atomic E-state index is -3.62. The van der Waals surface area contributed by atoms with Gasteiger partial charge in [0.25, 0.3) is 0 Å².